The first-order chi connectivity index (χ1) is 8.72. The van der Waals surface area contributed by atoms with Crippen molar-refractivity contribution in [2.75, 3.05) is 20.3 Å². The molecule has 1 amide bonds. The van der Waals surface area contributed by atoms with Crippen molar-refractivity contribution in [1.29, 1.82) is 0 Å². The van der Waals surface area contributed by atoms with Crippen molar-refractivity contribution < 1.29 is 19.1 Å². The molecular formula is C13H13NO4. The molecule has 0 unspecified atom stereocenters. The lowest BCUT2D eigenvalue weighted by atomic mass is 10.1. The van der Waals surface area contributed by atoms with Gasteiger partial charge in [0.15, 0.2) is 0 Å². The third kappa shape index (κ3) is 2.51. The average Bonchev–Trinajstić information content (AvgIpc) is 2.83. The Bertz CT molecular complexity index is 481. The summed E-state index contributed by atoms with van der Waals surface area (Å²) in [5.41, 5.74) is 1.26. The van der Waals surface area contributed by atoms with Gasteiger partial charge in [-0.15, -0.1) is 0 Å². The molecule has 5 heteroatoms. The quantitative estimate of drug-likeness (QED) is 0.602. The number of carbonyl (C=O) groups excluding carboxylic acids is 2. The summed E-state index contributed by atoms with van der Waals surface area (Å²) in [6.07, 6.45) is 0.844. The van der Waals surface area contributed by atoms with Crippen LogP contribution in [0.4, 0.5) is 4.79 Å². The molecule has 0 aromatic heterocycles. The lowest BCUT2D eigenvalue weighted by Gasteiger charge is -2.17. The molecule has 0 aliphatic carbocycles. The number of hydrogen-bond acceptors (Lipinski definition) is 4. The average molecular weight is 247 g/mol. The maximum Gasteiger partial charge on any atom is 0.414 e. The molecular weight excluding hydrogens is 234 g/mol. The van der Waals surface area contributed by atoms with Gasteiger partial charge in [-0.25, -0.2) is 9.59 Å². The van der Waals surface area contributed by atoms with Gasteiger partial charge in [0.05, 0.1) is 19.4 Å². The van der Waals surface area contributed by atoms with Crippen LogP contribution in [0.1, 0.15) is 5.56 Å². The Morgan fingerprint density at radius 1 is 1.39 bits per heavy atom. The van der Waals surface area contributed by atoms with Crippen LogP contribution in [0.25, 0.3) is 5.70 Å². The molecule has 5 nitrogen and oxygen atoms in total. The maximum atomic E-state index is 11.6. The topological polar surface area (TPSA) is 55.8 Å². The molecule has 1 fully saturated rings. The number of carbonyl (C=O) groups is 2. The molecule has 94 valence electrons. The first kappa shape index (κ1) is 12.2. The summed E-state index contributed by atoms with van der Waals surface area (Å²) < 4.78 is 9.48. The summed E-state index contributed by atoms with van der Waals surface area (Å²) in [5.74, 6) is -0.506. The highest BCUT2D eigenvalue weighted by Crippen LogP contribution is 2.22. The highest BCUT2D eigenvalue weighted by molar-refractivity contribution is 5.94. The zero-order valence-electron chi connectivity index (χ0n) is 9.96. The monoisotopic (exact) mass is 247 g/mol. The molecule has 1 aliphatic heterocycles. The Morgan fingerprint density at radius 3 is 2.67 bits per heavy atom. The minimum Gasteiger partial charge on any atom is -0.466 e. The number of cyclic esters (lactones) is 1. The van der Waals surface area contributed by atoms with Crippen molar-refractivity contribution in [3.8, 4) is 0 Å². The van der Waals surface area contributed by atoms with Crippen LogP contribution in [-0.4, -0.2) is 37.2 Å². The van der Waals surface area contributed by atoms with Gasteiger partial charge in [0.1, 0.15) is 6.61 Å². The predicted octanol–water partition coefficient (Wildman–Crippen LogP) is 1.65. The molecule has 0 radical (unpaired) electrons. The number of benzene rings is 1. The number of nitrogens with zero attached hydrogens (tertiary/aromatic N) is 1. The van der Waals surface area contributed by atoms with E-state index in [0.717, 1.165) is 5.56 Å². The number of ether oxygens (including phenoxy) is 2. The van der Waals surface area contributed by atoms with E-state index in [9.17, 15) is 9.59 Å². The minimum absolute atomic E-state index is 0.324. The van der Waals surface area contributed by atoms with Crippen LogP contribution in [0.3, 0.4) is 0 Å². The molecule has 1 heterocycles. The third-order valence-electron chi connectivity index (χ3n) is 2.58. The summed E-state index contributed by atoms with van der Waals surface area (Å²) in [6, 6.07) is 9.17. The van der Waals surface area contributed by atoms with Crippen LogP contribution >= 0.6 is 0 Å². The van der Waals surface area contributed by atoms with E-state index in [1.165, 1.54) is 18.1 Å². The number of esters is 1. The van der Waals surface area contributed by atoms with E-state index in [1.807, 2.05) is 30.3 Å². The van der Waals surface area contributed by atoms with E-state index in [0.29, 0.717) is 18.8 Å². The summed E-state index contributed by atoms with van der Waals surface area (Å²) in [5, 5.41) is 0. The Kier molecular flexibility index (Phi) is 3.62. The number of methoxy groups -OCH3 is 1. The first-order valence-corrected chi connectivity index (χ1v) is 5.51. The molecule has 1 aromatic rings. The van der Waals surface area contributed by atoms with Crippen LogP contribution in [-0.2, 0) is 14.3 Å². The lowest BCUT2D eigenvalue weighted by molar-refractivity contribution is -0.134. The van der Waals surface area contributed by atoms with E-state index >= 15 is 0 Å². The van der Waals surface area contributed by atoms with E-state index in [-0.39, 0.29) is 0 Å². The van der Waals surface area contributed by atoms with Crippen molar-refractivity contribution in [3.05, 3.63) is 42.0 Å². The third-order valence-corrected chi connectivity index (χ3v) is 2.58. The molecule has 0 spiro atoms. The van der Waals surface area contributed by atoms with Crippen LogP contribution in [0, 0.1) is 0 Å². The summed E-state index contributed by atoms with van der Waals surface area (Å²) in [6.45, 7) is 0.751. The van der Waals surface area contributed by atoms with Crippen molar-refractivity contribution in [2.45, 2.75) is 0 Å². The van der Waals surface area contributed by atoms with Gasteiger partial charge in [0.2, 0.25) is 0 Å². The first-order valence-electron chi connectivity index (χ1n) is 5.51. The molecule has 1 saturated heterocycles. The maximum absolute atomic E-state index is 11.6. The predicted molar refractivity (Wildman–Crippen MR) is 64.5 cm³/mol. The van der Waals surface area contributed by atoms with Crippen molar-refractivity contribution >= 4 is 17.8 Å². The Labute approximate surface area is 105 Å². The van der Waals surface area contributed by atoms with Crippen LogP contribution in [0.2, 0.25) is 0 Å². The Hall–Kier alpha value is -2.30. The number of rotatable bonds is 3. The molecule has 18 heavy (non-hydrogen) atoms. The fourth-order valence-corrected chi connectivity index (χ4v) is 1.71. The second-order valence-electron chi connectivity index (χ2n) is 3.68. The highest BCUT2D eigenvalue weighted by Gasteiger charge is 2.27. The van der Waals surface area contributed by atoms with Gasteiger partial charge in [-0.2, -0.15) is 0 Å². The van der Waals surface area contributed by atoms with Gasteiger partial charge in [-0.3, -0.25) is 4.90 Å². The normalized spacial score (nSPS) is 15.5. The zero-order chi connectivity index (χ0) is 13.0. The second kappa shape index (κ2) is 5.35. The van der Waals surface area contributed by atoms with Crippen LogP contribution in [0.5, 0.6) is 0 Å². The molecule has 1 aliphatic rings. The molecule has 0 N–H and O–H groups in total. The van der Waals surface area contributed by atoms with Gasteiger partial charge in [-0.1, -0.05) is 30.3 Å². The van der Waals surface area contributed by atoms with Crippen molar-refractivity contribution in [1.82, 2.24) is 4.90 Å². The van der Waals surface area contributed by atoms with Gasteiger partial charge >= 0.3 is 12.1 Å². The molecule has 1 aromatic carbocycles. The Balaban J connectivity index is 2.38. The summed E-state index contributed by atoms with van der Waals surface area (Å²) >= 11 is 0. The Morgan fingerprint density at radius 2 is 2.11 bits per heavy atom. The molecule has 0 atom stereocenters. The molecule has 2 rings (SSSR count). The highest BCUT2D eigenvalue weighted by atomic mass is 16.6. The summed E-state index contributed by atoms with van der Waals surface area (Å²) in [4.78, 5) is 24.4. The van der Waals surface area contributed by atoms with E-state index in [1.54, 1.807) is 0 Å². The number of hydrogen-bond donors (Lipinski definition) is 0. The fourth-order valence-electron chi connectivity index (χ4n) is 1.71. The van der Waals surface area contributed by atoms with Gasteiger partial charge < -0.3 is 9.47 Å². The molecule has 0 saturated carbocycles. The lowest BCUT2D eigenvalue weighted by Crippen LogP contribution is -2.23. The van der Waals surface area contributed by atoms with Crippen LogP contribution in [0.15, 0.2) is 36.4 Å². The van der Waals surface area contributed by atoms with Gasteiger partial charge in [0.25, 0.3) is 0 Å². The van der Waals surface area contributed by atoms with E-state index in [2.05, 4.69) is 4.74 Å². The fraction of sp³-hybridized carbons (Fsp3) is 0.231. The smallest absolute Gasteiger partial charge is 0.414 e. The SMILES string of the molecule is COC(=O)/C=C(\c1ccccc1)N1CCOC1=O. The van der Waals surface area contributed by atoms with Gasteiger partial charge in [0, 0.05) is 6.08 Å². The summed E-state index contributed by atoms with van der Waals surface area (Å²) in [7, 11) is 1.30. The van der Waals surface area contributed by atoms with Gasteiger partial charge in [-0.05, 0) is 5.56 Å². The second-order valence-corrected chi connectivity index (χ2v) is 3.68. The van der Waals surface area contributed by atoms with E-state index < -0.39 is 12.1 Å². The minimum atomic E-state index is -0.506. The van der Waals surface area contributed by atoms with Crippen molar-refractivity contribution in [3.63, 3.8) is 0 Å². The largest absolute Gasteiger partial charge is 0.466 e. The zero-order valence-corrected chi connectivity index (χ0v) is 9.96. The van der Waals surface area contributed by atoms with Crippen LogP contribution < -0.4 is 0 Å². The number of amides is 1. The molecule has 0 bridgehead atoms. The standard InChI is InChI=1S/C13H13NO4/c1-17-12(15)9-11(10-5-3-2-4-6-10)14-7-8-18-13(14)16/h2-6,9H,7-8H2,1H3/b11-9+. The van der Waals surface area contributed by atoms with Crippen molar-refractivity contribution in [2.24, 2.45) is 0 Å². The van der Waals surface area contributed by atoms with E-state index in [4.69, 9.17) is 4.74 Å².